The van der Waals surface area contributed by atoms with Crippen molar-refractivity contribution in [3.63, 3.8) is 0 Å². The summed E-state index contributed by atoms with van der Waals surface area (Å²) in [5.74, 6) is 0.718. The van der Waals surface area contributed by atoms with Crippen LogP contribution in [0.4, 0.5) is 4.79 Å². The number of ether oxygens (including phenoxy) is 1. The number of carbonyl (C=O) groups is 3. The maximum absolute atomic E-state index is 12.5. The van der Waals surface area contributed by atoms with E-state index in [4.69, 9.17) is 10.00 Å². The van der Waals surface area contributed by atoms with Gasteiger partial charge >= 0.3 is 12.0 Å². The minimum atomic E-state index is -1.10. The van der Waals surface area contributed by atoms with Gasteiger partial charge in [-0.15, -0.1) is 0 Å². The molecule has 4 fully saturated rings. The molecule has 5 rings (SSSR count). The van der Waals surface area contributed by atoms with Gasteiger partial charge in [-0.2, -0.15) is 5.26 Å². The highest BCUT2D eigenvalue weighted by Gasteiger charge is 2.51. The van der Waals surface area contributed by atoms with E-state index in [-0.39, 0.29) is 5.54 Å². The summed E-state index contributed by atoms with van der Waals surface area (Å²) in [5.41, 5.74) is 1.06. The van der Waals surface area contributed by atoms with E-state index in [9.17, 15) is 14.4 Å². The van der Waals surface area contributed by atoms with Crippen LogP contribution >= 0.6 is 0 Å². The molecule has 1 aromatic carbocycles. The molecule has 0 radical (unpaired) electrons. The highest BCUT2D eigenvalue weighted by molar-refractivity contribution is 5.98. The van der Waals surface area contributed by atoms with Crippen LogP contribution in [0.2, 0.25) is 0 Å². The van der Waals surface area contributed by atoms with Gasteiger partial charge in [-0.1, -0.05) is 12.1 Å². The van der Waals surface area contributed by atoms with E-state index >= 15 is 0 Å². The number of benzene rings is 1. The Morgan fingerprint density at radius 3 is 2.23 bits per heavy atom. The van der Waals surface area contributed by atoms with E-state index in [0.29, 0.717) is 23.3 Å². The molecule has 4 aliphatic carbocycles. The maximum Gasteiger partial charge on any atom is 0.331 e. The lowest BCUT2D eigenvalue weighted by molar-refractivity contribution is -0.149. The molecule has 1 atom stereocenters. The number of hydrogen-bond acceptors (Lipinski definition) is 5. The van der Waals surface area contributed by atoms with Gasteiger partial charge in [-0.05, 0) is 87.0 Å². The molecular weight excluding hydrogens is 394 g/mol. The summed E-state index contributed by atoms with van der Waals surface area (Å²) >= 11 is 0. The molecule has 0 heterocycles. The standard InChI is InChI=1S/C24H27N3O4/c1-15(31-21(28)7-6-16-2-4-17(14-25)5-3-16)22(29)26-23(30)27-24-11-18-8-19(12-24)10-20(9-18)13-24/h2-7,15,18-20H,8-13H2,1H3,(H2,26,27,29,30)/b7-6+/t15-,18?,19?,20?,24?/m1/s1. The summed E-state index contributed by atoms with van der Waals surface area (Å²) in [5, 5.41) is 14.2. The first-order valence-corrected chi connectivity index (χ1v) is 10.9. The zero-order valence-corrected chi connectivity index (χ0v) is 17.6. The largest absolute Gasteiger partial charge is 0.449 e. The van der Waals surface area contributed by atoms with Crippen LogP contribution in [0.5, 0.6) is 0 Å². The first-order chi connectivity index (χ1) is 14.8. The quantitative estimate of drug-likeness (QED) is 0.560. The predicted molar refractivity (Wildman–Crippen MR) is 113 cm³/mol. The molecule has 0 spiro atoms. The highest BCUT2D eigenvalue weighted by atomic mass is 16.5. The van der Waals surface area contributed by atoms with Crippen LogP contribution in [0.15, 0.2) is 30.3 Å². The zero-order valence-electron chi connectivity index (χ0n) is 17.6. The summed E-state index contributed by atoms with van der Waals surface area (Å²) in [6.07, 6.45) is 8.43. The number of nitrogens with zero attached hydrogens (tertiary/aromatic N) is 1. The second-order valence-electron chi connectivity index (χ2n) is 9.29. The molecule has 4 bridgehead atoms. The average molecular weight is 421 g/mol. The number of urea groups is 1. The fourth-order valence-corrected chi connectivity index (χ4v) is 5.85. The summed E-state index contributed by atoms with van der Waals surface area (Å²) in [6, 6.07) is 8.20. The van der Waals surface area contributed by atoms with Crippen LogP contribution in [-0.2, 0) is 14.3 Å². The number of nitrogens with one attached hydrogen (secondary N) is 2. The number of hydrogen-bond donors (Lipinski definition) is 2. The average Bonchev–Trinajstić information content (AvgIpc) is 2.71. The lowest BCUT2D eigenvalue weighted by Crippen LogP contribution is -2.62. The van der Waals surface area contributed by atoms with Crippen LogP contribution < -0.4 is 10.6 Å². The molecule has 0 saturated heterocycles. The van der Waals surface area contributed by atoms with E-state index < -0.39 is 24.0 Å². The van der Waals surface area contributed by atoms with E-state index in [1.54, 1.807) is 24.3 Å². The Morgan fingerprint density at radius 2 is 1.68 bits per heavy atom. The van der Waals surface area contributed by atoms with Crippen LogP contribution in [0, 0.1) is 29.1 Å². The molecule has 31 heavy (non-hydrogen) atoms. The first-order valence-electron chi connectivity index (χ1n) is 10.9. The monoisotopic (exact) mass is 421 g/mol. The Labute approximate surface area is 181 Å². The van der Waals surface area contributed by atoms with Crippen molar-refractivity contribution in [2.24, 2.45) is 17.8 Å². The maximum atomic E-state index is 12.5. The number of nitriles is 1. The second-order valence-corrected chi connectivity index (χ2v) is 9.29. The molecule has 0 aliphatic heterocycles. The van der Waals surface area contributed by atoms with Gasteiger partial charge in [0.15, 0.2) is 6.10 Å². The smallest absolute Gasteiger partial charge is 0.331 e. The molecule has 0 unspecified atom stereocenters. The third kappa shape index (κ3) is 4.96. The van der Waals surface area contributed by atoms with Gasteiger partial charge in [0.2, 0.25) is 0 Å². The Morgan fingerprint density at radius 1 is 1.10 bits per heavy atom. The fraction of sp³-hybridized carbons (Fsp3) is 0.500. The van der Waals surface area contributed by atoms with Crippen molar-refractivity contribution in [2.45, 2.75) is 57.1 Å². The Bertz CT molecular complexity index is 909. The van der Waals surface area contributed by atoms with E-state index in [2.05, 4.69) is 10.6 Å². The van der Waals surface area contributed by atoms with E-state index in [0.717, 1.165) is 24.8 Å². The molecule has 7 nitrogen and oxygen atoms in total. The van der Waals surface area contributed by atoms with Gasteiger partial charge in [0.05, 0.1) is 11.6 Å². The minimum Gasteiger partial charge on any atom is -0.449 e. The van der Waals surface area contributed by atoms with E-state index in [1.165, 1.54) is 38.3 Å². The van der Waals surface area contributed by atoms with Crippen molar-refractivity contribution < 1.29 is 19.1 Å². The van der Waals surface area contributed by atoms with Crippen LogP contribution in [-0.4, -0.2) is 29.6 Å². The van der Waals surface area contributed by atoms with Crippen molar-refractivity contribution in [2.75, 3.05) is 0 Å². The van der Waals surface area contributed by atoms with Crippen LogP contribution in [0.25, 0.3) is 6.08 Å². The summed E-state index contributed by atoms with van der Waals surface area (Å²) in [7, 11) is 0. The van der Waals surface area contributed by atoms with Crippen LogP contribution in [0.1, 0.15) is 56.6 Å². The first kappa shape index (κ1) is 21.1. The van der Waals surface area contributed by atoms with E-state index in [1.807, 2.05) is 6.07 Å². The molecule has 1 aromatic rings. The fourth-order valence-electron chi connectivity index (χ4n) is 5.85. The number of carbonyl (C=O) groups excluding carboxylic acids is 3. The molecule has 7 heteroatoms. The second kappa shape index (κ2) is 8.54. The van der Waals surface area contributed by atoms with Gasteiger partial charge in [0.1, 0.15) is 0 Å². The summed E-state index contributed by atoms with van der Waals surface area (Å²) in [4.78, 5) is 36.8. The van der Waals surface area contributed by atoms with Crippen molar-refractivity contribution in [1.82, 2.24) is 10.6 Å². The van der Waals surface area contributed by atoms with Gasteiger partial charge in [-0.25, -0.2) is 9.59 Å². The summed E-state index contributed by atoms with van der Waals surface area (Å²) < 4.78 is 5.10. The van der Waals surface area contributed by atoms with Gasteiger partial charge < -0.3 is 10.1 Å². The summed E-state index contributed by atoms with van der Waals surface area (Å²) in [6.45, 7) is 1.43. The van der Waals surface area contributed by atoms with Crippen molar-refractivity contribution in [1.29, 1.82) is 5.26 Å². The molecule has 2 N–H and O–H groups in total. The third-order valence-corrected chi connectivity index (χ3v) is 6.77. The normalized spacial score (nSPS) is 29.2. The zero-order chi connectivity index (χ0) is 22.0. The SMILES string of the molecule is C[C@@H](OC(=O)/C=C/c1ccc(C#N)cc1)C(=O)NC(=O)NC12CC3CC(CC(C3)C1)C2. The predicted octanol–water partition coefficient (Wildman–Crippen LogP) is 3.30. The van der Waals surface area contributed by atoms with Crippen molar-refractivity contribution in [3.05, 3.63) is 41.5 Å². The molecule has 4 aliphatic rings. The third-order valence-electron chi connectivity index (χ3n) is 6.77. The van der Waals surface area contributed by atoms with Gasteiger partial charge in [-0.3, -0.25) is 10.1 Å². The van der Waals surface area contributed by atoms with Gasteiger partial charge in [0, 0.05) is 11.6 Å². The number of imide groups is 1. The lowest BCUT2D eigenvalue weighted by atomic mass is 9.53. The Balaban J connectivity index is 1.25. The molecule has 162 valence electrons. The van der Waals surface area contributed by atoms with Crippen molar-refractivity contribution in [3.8, 4) is 6.07 Å². The van der Waals surface area contributed by atoms with Crippen LogP contribution in [0.3, 0.4) is 0 Å². The molecule has 3 amide bonds. The van der Waals surface area contributed by atoms with Crippen molar-refractivity contribution >= 4 is 24.0 Å². The molecular formula is C24H27N3O4. The number of amides is 3. The highest BCUT2D eigenvalue weighted by Crippen LogP contribution is 2.55. The minimum absolute atomic E-state index is 0.192. The number of esters is 1. The van der Waals surface area contributed by atoms with Gasteiger partial charge in [0.25, 0.3) is 5.91 Å². The lowest BCUT2D eigenvalue weighted by Gasteiger charge is -2.56. The Kier molecular flexibility index (Phi) is 5.81. The number of rotatable bonds is 5. The molecule has 0 aromatic heterocycles. The molecule has 4 saturated carbocycles. The topological polar surface area (TPSA) is 108 Å². The Hall–Kier alpha value is -3.14.